The van der Waals surface area contributed by atoms with Crippen LogP contribution in [0.1, 0.15) is 0 Å². The first-order valence-electron chi connectivity index (χ1n) is 4.38. The third-order valence-electron chi connectivity index (χ3n) is 1.89. The third-order valence-corrected chi connectivity index (χ3v) is 3.58. The van der Waals surface area contributed by atoms with Gasteiger partial charge >= 0.3 is 0 Å². The molecule has 7 heteroatoms. The Morgan fingerprint density at radius 2 is 1.88 bits per heavy atom. The Morgan fingerprint density at radius 1 is 1.19 bits per heavy atom. The summed E-state index contributed by atoms with van der Waals surface area (Å²) in [5, 5.41) is -0.481. The molecule has 84 valence electrons. The average Bonchev–Trinajstić information content (AvgIpc) is 2.28. The van der Waals surface area contributed by atoms with Crippen LogP contribution in [0.5, 0.6) is 0 Å². The van der Waals surface area contributed by atoms with Crippen molar-refractivity contribution >= 4 is 38.3 Å². The Kier molecular flexibility index (Phi) is 2.93. The summed E-state index contributed by atoms with van der Waals surface area (Å²) in [5.74, 6) is 0. The first kappa shape index (κ1) is 11.1. The molecule has 0 radical (unpaired) electrons. The summed E-state index contributed by atoms with van der Waals surface area (Å²) in [6.45, 7) is 0. The van der Waals surface area contributed by atoms with E-state index in [4.69, 9.17) is 11.6 Å². The van der Waals surface area contributed by atoms with Gasteiger partial charge in [-0.3, -0.25) is 14.7 Å². The van der Waals surface area contributed by atoms with Crippen molar-refractivity contribution in [3.05, 3.63) is 30.6 Å². The van der Waals surface area contributed by atoms with Crippen molar-refractivity contribution in [2.75, 3.05) is 9.93 Å². The molecule has 1 aromatic heterocycles. The number of alkyl halides is 1. The van der Waals surface area contributed by atoms with Crippen LogP contribution in [0.25, 0.3) is 11.0 Å². The molecule has 0 amide bonds. The minimum atomic E-state index is -3.47. The molecule has 1 heterocycles. The van der Waals surface area contributed by atoms with Gasteiger partial charge in [0.05, 0.1) is 16.7 Å². The zero-order valence-corrected chi connectivity index (χ0v) is 9.66. The average molecular weight is 258 g/mol. The van der Waals surface area contributed by atoms with Crippen LogP contribution in [-0.4, -0.2) is 23.6 Å². The number of benzene rings is 1. The first-order chi connectivity index (χ1) is 7.61. The molecule has 0 aliphatic carbocycles. The summed E-state index contributed by atoms with van der Waals surface area (Å²) in [7, 11) is -3.47. The normalized spacial score (nSPS) is 11.6. The smallest absolute Gasteiger partial charge is 0.246 e. The van der Waals surface area contributed by atoms with Gasteiger partial charge in [-0.2, -0.15) is 0 Å². The molecule has 0 aliphatic heterocycles. The highest BCUT2D eigenvalue weighted by atomic mass is 35.5. The van der Waals surface area contributed by atoms with E-state index in [1.165, 1.54) is 0 Å². The maximum atomic E-state index is 11.2. The SMILES string of the molecule is O=S(=O)(CCl)Nc1ccc2nccnc2c1. The van der Waals surface area contributed by atoms with E-state index in [-0.39, 0.29) is 0 Å². The second-order valence-electron chi connectivity index (χ2n) is 3.09. The quantitative estimate of drug-likeness (QED) is 0.847. The highest BCUT2D eigenvalue weighted by Gasteiger charge is 2.08. The molecular formula is C9H8ClN3O2S. The summed E-state index contributed by atoms with van der Waals surface area (Å²) in [6, 6.07) is 4.90. The largest absolute Gasteiger partial charge is 0.282 e. The highest BCUT2D eigenvalue weighted by Crippen LogP contribution is 2.16. The van der Waals surface area contributed by atoms with E-state index < -0.39 is 15.2 Å². The maximum absolute atomic E-state index is 11.2. The molecule has 1 N–H and O–H groups in total. The molecule has 0 aliphatic rings. The molecule has 2 rings (SSSR count). The lowest BCUT2D eigenvalue weighted by molar-refractivity contribution is 0.605. The van der Waals surface area contributed by atoms with E-state index in [9.17, 15) is 8.42 Å². The molecule has 16 heavy (non-hydrogen) atoms. The molecule has 0 atom stereocenters. The van der Waals surface area contributed by atoms with Crippen molar-refractivity contribution in [2.24, 2.45) is 0 Å². The second-order valence-corrected chi connectivity index (χ2v) is 5.39. The van der Waals surface area contributed by atoms with Crippen LogP contribution in [0.3, 0.4) is 0 Å². The number of nitrogens with one attached hydrogen (secondary N) is 1. The molecular weight excluding hydrogens is 250 g/mol. The predicted molar refractivity (Wildman–Crippen MR) is 62.8 cm³/mol. The number of sulfonamides is 1. The number of hydrogen-bond donors (Lipinski definition) is 1. The van der Waals surface area contributed by atoms with E-state index in [1.807, 2.05) is 0 Å². The number of fused-ring (bicyclic) bond motifs is 1. The minimum Gasteiger partial charge on any atom is -0.282 e. The number of halogens is 1. The molecule has 1 aromatic carbocycles. The van der Waals surface area contributed by atoms with E-state index in [2.05, 4.69) is 14.7 Å². The molecule has 2 aromatic rings. The fourth-order valence-electron chi connectivity index (χ4n) is 1.23. The fourth-order valence-corrected chi connectivity index (χ4v) is 1.94. The van der Waals surface area contributed by atoms with Crippen molar-refractivity contribution in [1.82, 2.24) is 9.97 Å². The van der Waals surface area contributed by atoms with Gasteiger partial charge in [-0.1, -0.05) is 0 Å². The summed E-state index contributed by atoms with van der Waals surface area (Å²) >= 11 is 5.28. The van der Waals surface area contributed by atoms with Gasteiger partial charge in [-0.05, 0) is 18.2 Å². The minimum absolute atomic E-state index is 0.425. The Balaban J connectivity index is 2.40. The van der Waals surface area contributed by atoms with Gasteiger partial charge in [0, 0.05) is 12.4 Å². The van der Waals surface area contributed by atoms with E-state index in [1.54, 1.807) is 30.6 Å². The van der Waals surface area contributed by atoms with E-state index in [0.717, 1.165) is 0 Å². The van der Waals surface area contributed by atoms with Crippen molar-refractivity contribution in [2.45, 2.75) is 0 Å². The zero-order valence-electron chi connectivity index (χ0n) is 8.09. The molecule has 0 saturated heterocycles. The van der Waals surface area contributed by atoms with Crippen molar-refractivity contribution in [3.63, 3.8) is 0 Å². The summed E-state index contributed by atoms with van der Waals surface area (Å²) < 4.78 is 24.8. The van der Waals surface area contributed by atoms with Gasteiger partial charge in [0.25, 0.3) is 0 Å². The molecule has 0 bridgehead atoms. The lowest BCUT2D eigenvalue weighted by Gasteiger charge is -2.05. The molecule has 0 unspecified atom stereocenters. The van der Waals surface area contributed by atoms with Crippen LogP contribution in [0, 0.1) is 0 Å². The van der Waals surface area contributed by atoms with Crippen LogP contribution in [0.4, 0.5) is 5.69 Å². The fraction of sp³-hybridized carbons (Fsp3) is 0.111. The lowest BCUT2D eigenvalue weighted by Crippen LogP contribution is -2.13. The Morgan fingerprint density at radius 3 is 2.56 bits per heavy atom. The van der Waals surface area contributed by atoms with Gasteiger partial charge in [0.2, 0.25) is 10.0 Å². The number of hydrogen-bond acceptors (Lipinski definition) is 4. The lowest BCUT2D eigenvalue weighted by atomic mass is 10.3. The summed E-state index contributed by atoms with van der Waals surface area (Å²) in [5.41, 5.74) is 1.75. The standard InChI is InChI=1S/C9H8ClN3O2S/c10-6-16(14,15)13-7-1-2-8-9(5-7)12-4-3-11-8/h1-5,13H,6H2. The van der Waals surface area contributed by atoms with Crippen LogP contribution in [-0.2, 0) is 10.0 Å². The number of nitrogens with zero attached hydrogens (tertiary/aromatic N) is 2. The maximum Gasteiger partial charge on any atom is 0.246 e. The van der Waals surface area contributed by atoms with Gasteiger partial charge in [0.15, 0.2) is 0 Å². The van der Waals surface area contributed by atoms with Crippen molar-refractivity contribution in [1.29, 1.82) is 0 Å². The summed E-state index contributed by atoms with van der Waals surface area (Å²) in [4.78, 5) is 8.14. The molecule has 5 nitrogen and oxygen atoms in total. The van der Waals surface area contributed by atoms with Gasteiger partial charge in [-0.25, -0.2) is 8.42 Å². The van der Waals surface area contributed by atoms with Crippen LogP contribution in [0.2, 0.25) is 0 Å². The molecule has 0 saturated carbocycles. The number of rotatable bonds is 3. The Labute approximate surface area is 97.5 Å². The van der Waals surface area contributed by atoms with Crippen LogP contribution in [0.15, 0.2) is 30.6 Å². The third kappa shape index (κ3) is 2.40. The predicted octanol–water partition coefficient (Wildman–Crippen LogP) is 1.57. The molecule has 0 spiro atoms. The number of anilines is 1. The molecule has 0 fully saturated rings. The van der Waals surface area contributed by atoms with Crippen molar-refractivity contribution < 1.29 is 8.42 Å². The number of aromatic nitrogens is 2. The Bertz CT molecular complexity index is 615. The van der Waals surface area contributed by atoms with Gasteiger partial charge < -0.3 is 0 Å². The first-order valence-corrected chi connectivity index (χ1v) is 6.57. The topological polar surface area (TPSA) is 72.0 Å². The highest BCUT2D eigenvalue weighted by molar-refractivity contribution is 7.93. The van der Waals surface area contributed by atoms with Crippen molar-refractivity contribution in [3.8, 4) is 0 Å². The monoisotopic (exact) mass is 257 g/mol. The van der Waals surface area contributed by atoms with E-state index >= 15 is 0 Å². The van der Waals surface area contributed by atoms with Crippen LogP contribution < -0.4 is 4.72 Å². The Hall–Kier alpha value is -1.40. The van der Waals surface area contributed by atoms with Gasteiger partial charge in [-0.15, -0.1) is 11.6 Å². The van der Waals surface area contributed by atoms with Gasteiger partial charge in [0.1, 0.15) is 5.21 Å². The zero-order chi connectivity index (χ0) is 11.6. The van der Waals surface area contributed by atoms with Crippen LogP contribution >= 0.6 is 11.6 Å². The summed E-state index contributed by atoms with van der Waals surface area (Å²) in [6.07, 6.45) is 3.12. The van der Waals surface area contributed by atoms with E-state index in [0.29, 0.717) is 16.7 Å². The second kappa shape index (κ2) is 4.23.